The summed E-state index contributed by atoms with van der Waals surface area (Å²) in [6, 6.07) is 4.64. The third-order valence-electron chi connectivity index (χ3n) is 4.57. The molecule has 2 aromatic heterocycles. The number of aromatic nitrogens is 3. The van der Waals surface area contributed by atoms with Crippen LogP contribution in [0.3, 0.4) is 0 Å². The van der Waals surface area contributed by atoms with E-state index in [1.165, 1.54) is 28.9 Å². The molecule has 1 amide bonds. The van der Waals surface area contributed by atoms with Crippen LogP contribution < -0.4 is 15.4 Å². The molecule has 1 aliphatic rings. The molecule has 6 radical (unpaired) electrons. The summed E-state index contributed by atoms with van der Waals surface area (Å²) in [7, 11) is 18.0. The van der Waals surface area contributed by atoms with Crippen molar-refractivity contribution >= 4 is 40.9 Å². The third-order valence-corrected chi connectivity index (χ3v) is 4.57. The van der Waals surface area contributed by atoms with Gasteiger partial charge in [0.2, 0.25) is 0 Å². The van der Waals surface area contributed by atoms with E-state index >= 15 is 0 Å². The van der Waals surface area contributed by atoms with E-state index in [1.807, 2.05) is 0 Å². The minimum absolute atomic E-state index is 0.198. The van der Waals surface area contributed by atoms with Gasteiger partial charge in [0, 0.05) is 17.8 Å². The Bertz CT molecular complexity index is 1090. The highest BCUT2D eigenvalue weighted by Crippen LogP contribution is 2.39. The largest absolute Gasteiger partial charge is 0.489 e. The Morgan fingerprint density at radius 1 is 1.31 bits per heavy atom. The van der Waals surface area contributed by atoms with E-state index in [0.717, 1.165) is 0 Å². The Labute approximate surface area is 170 Å². The number of benzene rings is 1. The van der Waals surface area contributed by atoms with Crippen LogP contribution >= 0.6 is 0 Å². The fraction of sp³-hybridized carbons (Fsp3) is 0.278. The van der Waals surface area contributed by atoms with Gasteiger partial charge in [-0.25, -0.2) is 13.9 Å². The van der Waals surface area contributed by atoms with Gasteiger partial charge in [0.25, 0.3) is 5.91 Å². The molecule has 0 saturated carbocycles. The molecule has 2 atom stereocenters. The van der Waals surface area contributed by atoms with Crippen LogP contribution in [-0.2, 0) is 0 Å². The number of anilines is 1. The van der Waals surface area contributed by atoms with Crippen molar-refractivity contribution in [2.75, 3.05) is 11.9 Å². The van der Waals surface area contributed by atoms with Gasteiger partial charge in [-0.05, 0) is 31.2 Å². The van der Waals surface area contributed by atoms with Gasteiger partial charge in [-0.3, -0.25) is 4.79 Å². The predicted octanol–water partition coefficient (Wildman–Crippen LogP) is 1.11. The standard InChI is InChI=1S/C18H15B3FN5O2/c1-9-7-23-17(28)12-8-24-27-5-4-14(26-16(12)27)25-15(18(19,20)21)11-6-10(22)2-3-13(11)29-9/h2-6,8-9,15H,7H2,1H3,(H,23,28)(H,25,26)/t9-,15?/m0/s1. The van der Waals surface area contributed by atoms with Crippen LogP contribution in [-0.4, -0.2) is 56.7 Å². The summed E-state index contributed by atoms with van der Waals surface area (Å²) in [5.41, 5.74) is 0.945. The Kier molecular flexibility index (Phi) is 4.76. The molecule has 11 heteroatoms. The van der Waals surface area contributed by atoms with Crippen molar-refractivity contribution in [3.8, 4) is 5.75 Å². The first kappa shape index (κ1) is 19.4. The van der Waals surface area contributed by atoms with Crippen LogP contribution in [0, 0.1) is 5.82 Å². The second-order valence-corrected chi connectivity index (χ2v) is 7.04. The van der Waals surface area contributed by atoms with Gasteiger partial charge in [-0.1, -0.05) is 0 Å². The smallest absolute Gasteiger partial charge is 0.256 e. The maximum atomic E-state index is 14.1. The first-order valence-corrected chi connectivity index (χ1v) is 8.94. The Hall–Kier alpha value is -2.97. The molecular formula is C18H15B3FN5O2. The van der Waals surface area contributed by atoms with Gasteiger partial charge < -0.3 is 15.4 Å². The van der Waals surface area contributed by atoms with Gasteiger partial charge in [0.05, 0.1) is 36.3 Å². The topological polar surface area (TPSA) is 80.5 Å². The molecule has 3 aromatic rings. The SMILES string of the molecule is [B]C([B])([B])C1Nc2ccn3ncc(c3n2)C(=O)NC[C@H](C)Oc2ccc(F)cc21. The number of amides is 1. The molecule has 29 heavy (non-hydrogen) atoms. The molecule has 3 heterocycles. The average molecular weight is 385 g/mol. The van der Waals surface area contributed by atoms with Gasteiger partial charge in [0.1, 0.15) is 29.1 Å². The van der Waals surface area contributed by atoms with Gasteiger partial charge >= 0.3 is 0 Å². The molecule has 0 aliphatic carbocycles. The van der Waals surface area contributed by atoms with Gasteiger partial charge in [0.15, 0.2) is 5.65 Å². The lowest BCUT2D eigenvalue weighted by Gasteiger charge is -2.35. The number of nitrogens with one attached hydrogen (secondary N) is 2. The second kappa shape index (κ2) is 7.13. The van der Waals surface area contributed by atoms with Crippen LogP contribution in [0.25, 0.3) is 5.65 Å². The number of halogens is 1. The molecule has 2 bridgehead atoms. The van der Waals surface area contributed by atoms with E-state index < -0.39 is 23.1 Å². The summed E-state index contributed by atoms with van der Waals surface area (Å²) in [5.74, 6) is -0.193. The minimum atomic E-state index is -1.78. The predicted molar refractivity (Wildman–Crippen MR) is 108 cm³/mol. The summed E-state index contributed by atoms with van der Waals surface area (Å²) < 4.78 is 21.4. The maximum absolute atomic E-state index is 14.1. The number of ether oxygens (including phenoxy) is 1. The van der Waals surface area contributed by atoms with Gasteiger partial charge in [-0.15, -0.1) is 5.11 Å². The van der Waals surface area contributed by atoms with E-state index in [1.54, 1.807) is 19.2 Å². The molecule has 1 aromatic carbocycles. The Morgan fingerprint density at radius 2 is 2.10 bits per heavy atom. The first-order valence-electron chi connectivity index (χ1n) is 8.94. The minimum Gasteiger partial charge on any atom is -0.489 e. The second-order valence-electron chi connectivity index (χ2n) is 7.04. The number of hydrogen-bond acceptors (Lipinski definition) is 5. The van der Waals surface area contributed by atoms with Crippen molar-refractivity contribution in [1.82, 2.24) is 19.9 Å². The monoisotopic (exact) mass is 385 g/mol. The van der Waals surface area contributed by atoms with Crippen LogP contribution in [0.4, 0.5) is 10.2 Å². The molecule has 140 valence electrons. The number of carbonyl (C=O) groups is 1. The molecule has 0 fully saturated rings. The van der Waals surface area contributed by atoms with Crippen LogP contribution in [0.1, 0.15) is 28.9 Å². The molecular weight excluding hydrogens is 370 g/mol. The van der Waals surface area contributed by atoms with Crippen molar-refractivity contribution < 1.29 is 13.9 Å². The molecule has 1 unspecified atom stereocenters. The number of hydrogen-bond donors (Lipinski definition) is 2. The van der Waals surface area contributed by atoms with E-state index in [0.29, 0.717) is 28.3 Å². The van der Waals surface area contributed by atoms with Crippen LogP contribution in [0.2, 0.25) is 5.11 Å². The molecule has 7 nitrogen and oxygen atoms in total. The molecule has 4 rings (SSSR count). The molecule has 1 aliphatic heterocycles. The van der Waals surface area contributed by atoms with E-state index in [2.05, 4.69) is 20.7 Å². The number of nitrogens with zero attached hydrogens (tertiary/aromatic N) is 3. The summed E-state index contributed by atoms with van der Waals surface area (Å²) >= 11 is 0. The highest BCUT2D eigenvalue weighted by Gasteiger charge is 2.29. The van der Waals surface area contributed by atoms with Crippen molar-refractivity contribution in [2.24, 2.45) is 0 Å². The van der Waals surface area contributed by atoms with Gasteiger partial charge in [-0.2, -0.15) is 5.10 Å². The quantitative estimate of drug-likeness (QED) is 0.614. The van der Waals surface area contributed by atoms with Crippen molar-refractivity contribution in [1.29, 1.82) is 0 Å². The summed E-state index contributed by atoms with van der Waals surface area (Å²) in [4.78, 5) is 17.0. The fourth-order valence-corrected chi connectivity index (χ4v) is 3.17. The number of carbonyl (C=O) groups excluding carboxylic acids is 1. The van der Waals surface area contributed by atoms with E-state index in [4.69, 9.17) is 28.3 Å². The normalized spacial score (nSPS) is 19.9. The van der Waals surface area contributed by atoms with Crippen LogP contribution in [0.15, 0.2) is 36.7 Å². The zero-order chi connectivity index (χ0) is 20.8. The highest BCUT2D eigenvalue weighted by atomic mass is 19.1. The number of rotatable bonds is 1. The number of fused-ring (bicyclic) bond motifs is 2. The Morgan fingerprint density at radius 3 is 2.86 bits per heavy atom. The van der Waals surface area contributed by atoms with Crippen LogP contribution in [0.5, 0.6) is 5.75 Å². The summed E-state index contributed by atoms with van der Waals surface area (Å²) in [6.07, 6.45) is 2.61. The molecule has 0 spiro atoms. The first-order chi connectivity index (χ1) is 13.7. The lowest BCUT2D eigenvalue weighted by molar-refractivity contribution is 0.0933. The lowest BCUT2D eigenvalue weighted by atomic mass is 9.39. The molecule has 2 N–H and O–H groups in total. The summed E-state index contributed by atoms with van der Waals surface area (Å²) in [5, 5.41) is 8.17. The third kappa shape index (κ3) is 3.81. The lowest BCUT2D eigenvalue weighted by Crippen LogP contribution is -2.34. The Balaban J connectivity index is 1.89. The zero-order valence-electron chi connectivity index (χ0n) is 15.6. The van der Waals surface area contributed by atoms with E-state index in [9.17, 15) is 9.18 Å². The zero-order valence-corrected chi connectivity index (χ0v) is 15.6. The van der Waals surface area contributed by atoms with Crippen molar-refractivity contribution in [2.45, 2.75) is 24.2 Å². The average Bonchev–Trinajstić information content (AvgIpc) is 3.07. The summed E-state index contributed by atoms with van der Waals surface area (Å²) in [6.45, 7) is 1.96. The molecule has 0 saturated heterocycles. The fourth-order valence-electron chi connectivity index (χ4n) is 3.17. The highest BCUT2D eigenvalue weighted by molar-refractivity contribution is 6.59. The van der Waals surface area contributed by atoms with Crippen molar-refractivity contribution in [3.05, 3.63) is 53.6 Å². The van der Waals surface area contributed by atoms with Crippen molar-refractivity contribution in [3.63, 3.8) is 0 Å². The maximum Gasteiger partial charge on any atom is 0.256 e. The van der Waals surface area contributed by atoms with E-state index in [-0.39, 0.29) is 12.5 Å².